The Morgan fingerprint density at radius 1 is 0.606 bits per heavy atom. The molecule has 0 spiro atoms. The van der Waals surface area contributed by atoms with Gasteiger partial charge in [-0.2, -0.15) is 0 Å². The van der Waals surface area contributed by atoms with Crippen molar-refractivity contribution in [1.82, 2.24) is 0 Å². The van der Waals surface area contributed by atoms with E-state index in [0.29, 0.717) is 0 Å². The molecule has 0 N–H and O–H groups in total. The molecule has 2 aromatic carbocycles. The fourth-order valence-electron chi connectivity index (χ4n) is 3.55. The normalized spacial score (nSPS) is 23.0. The molecule has 0 bridgehead atoms. The van der Waals surface area contributed by atoms with Crippen molar-refractivity contribution in [2.75, 3.05) is 0 Å². The molecule has 0 nitrogen and oxygen atoms in total. The number of hydrogen-bond acceptors (Lipinski definition) is 1. The fraction of sp³-hybridized carbons (Fsp3) is 0.143. The molecule has 2 aliphatic carbocycles. The molecule has 2 aliphatic rings. The van der Waals surface area contributed by atoms with Gasteiger partial charge >= 0.3 is 0 Å². The lowest BCUT2D eigenvalue weighted by atomic mass is 9.95. The van der Waals surface area contributed by atoms with Crippen LogP contribution in [0.4, 0.5) is 17.6 Å². The first-order valence-electron chi connectivity index (χ1n) is 10.6. The van der Waals surface area contributed by atoms with E-state index in [4.69, 9.17) is 0 Å². The third-order valence-corrected chi connectivity index (χ3v) is 6.59. The molecule has 0 aliphatic heterocycles. The molecule has 2 unspecified atom stereocenters. The van der Waals surface area contributed by atoms with Gasteiger partial charge in [-0.1, -0.05) is 109 Å². The zero-order valence-corrected chi connectivity index (χ0v) is 18.4. The summed E-state index contributed by atoms with van der Waals surface area (Å²) >= 11 is 1.47. The number of benzene rings is 2. The maximum absolute atomic E-state index is 14.1. The Morgan fingerprint density at radius 2 is 1.03 bits per heavy atom. The maximum atomic E-state index is 14.1. The largest absolute Gasteiger partial charge is 0.276 e. The second-order valence-corrected chi connectivity index (χ2v) is 8.87. The molecule has 2 aromatic rings. The van der Waals surface area contributed by atoms with Gasteiger partial charge in [-0.3, -0.25) is 0 Å². The number of rotatable bonds is 6. The van der Waals surface area contributed by atoms with Crippen LogP contribution in [0.3, 0.4) is 0 Å². The van der Waals surface area contributed by atoms with Gasteiger partial charge in [0.2, 0.25) is 0 Å². The highest BCUT2D eigenvalue weighted by atomic mass is 32.2. The summed E-state index contributed by atoms with van der Waals surface area (Å²) in [5, 5.41) is 0. The molecule has 0 radical (unpaired) electrons. The van der Waals surface area contributed by atoms with Gasteiger partial charge in [-0.25, -0.2) is 17.6 Å². The Morgan fingerprint density at radius 3 is 1.45 bits per heavy atom. The summed E-state index contributed by atoms with van der Waals surface area (Å²) in [7, 11) is 0. The van der Waals surface area contributed by atoms with Gasteiger partial charge < -0.3 is 0 Å². The number of hydrogen-bond donors (Lipinski definition) is 0. The van der Waals surface area contributed by atoms with E-state index >= 15 is 0 Å². The van der Waals surface area contributed by atoms with Crippen molar-refractivity contribution in [3.05, 3.63) is 120 Å². The van der Waals surface area contributed by atoms with Gasteiger partial charge in [0.1, 0.15) is 0 Å². The van der Waals surface area contributed by atoms with Crippen LogP contribution in [-0.4, -0.2) is 11.8 Å². The predicted octanol–water partition coefficient (Wildman–Crippen LogP) is 8.62. The van der Waals surface area contributed by atoms with E-state index < -0.39 is 23.7 Å². The number of alkyl halides is 4. The molecule has 5 heteroatoms. The molecule has 168 valence electrons. The quantitative estimate of drug-likeness (QED) is 0.384. The molecule has 0 fully saturated rings. The third kappa shape index (κ3) is 5.66. The Hall–Kier alpha value is -3.05. The highest BCUT2D eigenvalue weighted by molar-refractivity contribution is 7.99. The van der Waals surface area contributed by atoms with E-state index in [-0.39, 0.29) is 0 Å². The fourth-order valence-corrected chi connectivity index (χ4v) is 4.59. The van der Waals surface area contributed by atoms with Crippen LogP contribution in [0.2, 0.25) is 0 Å². The van der Waals surface area contributed by atoms with Crippen LogP contribution in [0, 0.1) is 11.8 Å². The number of halogens is 4. The lowest BCUT2D eigenvalue weighted by Gasteiger charge is -2.20. The SMILES string of the molecule is FC1(F)C=CC=CC1C=Cc1ccccc1Sc1ccccc1C=CC1C=CC=CC1(F)F. The Labute approximate surface area is 195 Å². The average molecular weight is 467 g/mol. The monoisotopic (exact) mass is 466 g/mol. The minimum Gasteiger partial charge on any atom is -0.201 e. The van der Waals surface area contributed by atoms with E-state index in [1.165, 1.54) is 48.2 Å². The Bertz CT molecular complexity index is 1080. The summed E-state index contributed by atoms with van der Waals surface area (Å²) in [4.78, 5) is 1.78. The molecule has 0 aromatic heterocycles. The van der Waals surface area contributed by atoms with E-state index in [9.17, 15) is 17.6 Å². The van der Waals surface area contributed by atoms with Crippen LogP contribution in [-0.2, 0) is 0 Å². The van der Waals surface area contributed by atoms with Crippen LogP contribution in [0.15, 0.2) is 119 Å². The minimum absolute atomic E-state index is 0.812. The molecular weight excluding hydrogens is 444 g/mol. The molecule has 2 atom stereocenters. The zero-order chi connectivity index (χ0) is 23.3. The Balaban J connectivity index is 1.56. The number of allylic oxidation sites excluding steroid dienone is 10. The summed E-state index contributed by atoms with van der Waals surface area (Å²) in [5.74, 6) is -7.85. The average Bonchev–Trinajstić information content (AvgIpc) is 2.79. The highest BCUT2D eigenvalue weighted by Gasteiger charge is 2.35. The topological polar surface area (TPSA) is 0 Å². The van der Waals surface area contributed by atoms with Crippen LogP contribution < -0.4 is 0 Å². The first-order chi connectivity index (χ1) is 15.9. The molecular formula is C28H22F4S. The van der Waals surface area contributed by atoms with Gasteiger partial charge in [0.25, 0.3) is 11.8 Å². The molecule has 33 heavy (non-hydrogen) atoms. The standard InChI is InChI=1S/C28H22F4S/c29-27(30)19-7-5-11-23(27)17-15-21-9-1-3-13-25(21)33-26-14-4-2-10-22(26)16-18-24-12-6-8-20-28(24,31)32/h1-20,23-24H. The van der Waals surface area contributed by atoms with Crippen molar-refractivity contribution in [2.24, 2.45) is 11.8 Å². The van der Waals surface area contributed by atoms with Gasteiger partial charge in [0.05, 0.1) is 11.8 Å². The van der Waals surface area contributed by atoms with E-state index in [1.807, 2.05) is 48.5 Å². The second-order valence-electron chi connectivity index (χ2n) is 7.78. The van der Waals surface area contributed by atoms with Gasteiger partial charge in [-0.05, 0) is 35.4 Å². The lowest BCUT2D eigenvalue weighted by molar-refractivity contribution is 0.0266. The summed E-state index contributed by atoms with van der Waals surface area (Å²) < 4.78 is 56.4. The van der Waals surface area contributed by atoms with Crippen molar-refractivity contribution in [3.8, 4) is 0 Å². The van der Waals surface area contributed by atoms with E-state index in [0.717, 1.165) is 33.1 Å². The lowest BCUT2D eigenvalue weighted by Crippen LogP contribution is -2.23. The van der Waals surface area contributed by atoms with Gasteiger partial charge in [0, 0.05) is 9.79 Å². The second kappa shape index (κ2) is 9.84. The van der Waals surface area contributed by atoms with Crippen molar-refractivity contribution < 1.29 is 17.6 Å². The first-order valence-corrected chi connectivity index (χ1v) is 11.4. The molecule has 0 saturated heterocycles. The van der Waals surface area contributed by atoms with E-state index in [1.54, 1.807) is 24.3 Å². The summed E-state index contributed by atoms with van der Waals surface area (Å²) in [6, 6.07) is 15.1. The van der Waals surface area contributed by atoms with Gasteiger partial charge in [0.15, 0.2) is 0 Å². The van der Waals surface area contributed by atoms with Gasteiger partial charge in [-0.15, -0.1) is 0 Å². The van der Waals surface area contributed by atoms with Crippen molar-refractivity contribution in [3.63, 3.8) is 0 Å². The van der Waals surface area contributed by atoms with Crippen LogP contribution >= 0.6 is 11.8 Å². The van der Waals surface area contributed by atoms with Crippen molar-refractivity contribution in [1.29, 1.82) is 0 Å². The van der Waals surface area contributed by atoms with E-state index in [2.05, 4.69) is 0 Å². The van der Waals surface area contributed by atoms with Crippen molar-refractivity contribution in [2.45, 2.75) is 21.6 Å². The maximum Gasteiger partial charge on any atom is 0.276 e. The zero-order valence-electron chi connectivity index (χ0n) is 17.6. The first kappa shape index (κ1) is 23.1. The van der Waals surface area contributed by atoms with Crippen molar-refractivity contribution >= 4 is 23.9 Å². The highest BCUT2D eigenvalue weighted by Crippen LogP contribution is 2.37. The summed E-state index contributed by atoms with van der Waals surface area (Å²) in [6.45, 7) is 0. The predicted molar refractivity (Wildman–Crippen MR) is 129 cm³/mol. The molecule has 0 amide bonds. The molecule has 0 saturated carbocycles. The molecule has 0 heterocycles. The van der Waals surface area contributed by atoms with Crippen LogP contribution in [0.1, 0.15) is 11.1 Å². The summed E-state index contributed by atoms with van der Waals surface area (Å²) in [6.07, 6.45) is 17.2. The minimum atomic E-state index is -2.92. The molecule has 4 rings (SSSR count). The summed E-state index contributed by atoms with van der Waals surface area (Å²) in [5.41, 5.74) is 1.62. The third-order valence-electron chi connectivity index (χ3n) is 5.41. The van der Waals surface area contributed by atoms with Crippen LogP contribution in [0.5, 0.6) is 0 Å². The Kier molecular flexibility index (Phi) is 6.89. The van der Waals surface area contributed by atoms with Crippen LogP contribution in [0.25, 0.3) is 12.2 Å². The smallest absolute Gasteiger partial charge is 0.201 e.